The molecular weight excluding hydrogens is 234 g/mol. The van der Waals surface area contributed by atoms with Gasteiger partial charge in [0.1, 0.15) is 23.2 Å². The Morgan fingerprint density at radius 2 is 2.29 bits per heavy atom. The van der Waals surface area contributed by atoms with Crippen LogP contribution in [0.3, 0.4) is 0 Å². The lowest BCUT2D eigenvalue weighted by molar-refractivity contribution is 0.340. The maximum absolute atomic E-state index is 5.74. The van der Waals surface area contributed by atoms with Crippen molar-refractivity contribution in [3.05, 3.63) is 35.4 Å². The molecule has 0 fully saturated rings. The molecule has 3 N–H and O–H groups in total. The number of para-hydroxylation sites is 1. The molecule has 0 amide bonds. The molecule has 0 saturated carbocycles. The zero-order valence-corrected chi connectivity index (χ0v) is 10.3. The summed E-state index contributed by atoms with van der Waals surface area (Å²) in [5.41, 5.74) is 7.94. The van der Waals surface area contributed by atoms with Crippen LogP contribution < -0.4 is 15.8 Å². The lowest BCUT2D eigenvalue weighted by Crippen LogP contribution is -2.11. The first-order valence-corrected chi connectivity index (χ1v) is 6.23. The minimum Gasteiger partial charge on any atom is -0.491 e. The van der Waals surface area contributed by atoms with Gasteiger partial charge in [0, 0.05) is 11.1 Å². The Hall–Kier alpha value is -1.75. The van der Waals surface area contributed by atoms with Gasteiger partial charge in [-0.15, -0.1) is 0 Å². The Bertz CT molecular complexity index is 552. The van der Waals surface area contributed by atoms with Gasteiger partial charge in [0.25, 0.3) is 0 Å². The van der Waals surface area contributed by atoms with Crippen molar-refractivity contribution in [2.75, 3.05) is 17.7 Å². The minimum atomic E-state index is 0.185. The fourth-order valence-corrected chi connectivity index (χ4v) is 2.69. The average Bonchev–Trinajstić information content (AvgIpc) is 2.89. The Morgan fingerprint density at radius 3 is 3.06 bits per heavy atom. The van der Waals surface area contributed by atoms with E-state index >= 15 is 0 Å². The van der Waals surface area contributed by atoms with E-state index in [1.165, 1.54) is 17.1 Å². The first kappa shape index (κ1) is 10.4. The Morgan fingerprint density at radius 1 is 1.47 bits per heavy atom. The SMILES string of the molecule is Cc1c(N)nsc1NC1COc2ccccc21. The number of nitrogens with zero attached hydrogens (tertiary/aromatic N) is 1. The van der Waals surface area contributed by atoms with Crippen LogP contribution in [0.2, 0.25) is 0 Å². The first-order valence-electron chi connectivity index (χ1n) is 5.45. The van der Waals surface area contributed by atoms with Crippen LogP contribution in [0.4, 0.5) is 10.8 Å². The molecule has 0 bridgehead atoms. The largest absolute Gasteiger partial charge is 0.491 e. The topological polar surface area (TPSA) is 60.2 Å². The van der Waals surface area contributed by atoms with E-state index in [4.69, 9.17) is 10.5 Å². The number of rotatable bonds is 2. The molecule has 1 atom stereocenters. The molecule has 2 heterocycles. The average molecular weight is 247 g/mol. The molecule has 4 nitrogen and oxygen atoms in total. The van der Waals surface area contributed by atoms with Crippen LogP contribution in [0.5, 0.6) is 5.75 Å². The molecule has 1 aromatic heterocycles. The second kappa shape index (κ2) is 3.92. The summed E-state index contributed by atoms with van der Waals surface area (Å²) in [5, 5.41) is 4.46. The lowest BCUT2D eigenvalue weighted by Gasteiger charge is -2.11. The van der Waals surface area contributed by atoms with E-state index in [0.29, 0.717) is 12.4 Å². The second-order valence-corrected chi connectivity index (χ2v) is 4.84. The highest BCUT2D eigenvalue weighted by Crippen LogP contribution is 2.36. The molecule has 17 heavy (non-hydrogen) atoms. The van der Waals surface area contributed by atoms with E-state index in [9.17, 15) is 0 Å². The molecule has 0 saturated heterocycles. The van der Waals surface area contributed by atoms with Crippen LogP contribution >= 0.6 is 11.5 Å². The third-order valence-electron chi connectivity index (χ3n) is 2.97. The van der Waals surface area contributed by atoms with Crippen LogP contribution in [0.25, 0.3) is 0 Å². The fraction of sp³-hybridized carbons (Fsp3) is 0.250. The van der Waals surface area contributed by atoms with Gasteiger partial charge in [-0.3, -0.25) is 0 Å². The highest BCUT2D eigenvalue weighted by Gasteiger charge is 2.24. The van der Waals surface area contributed by atoms with Gasteiger partial charge >= 0.3 is 0 Å². The van der Waals surface area contributed by atoms with Gasteiger partial charge in [-0.25, -0.2) is 0 Å². The number of anilines is 2. The van der Waals surface area contributed by atoms with Gasteiger partial charge < -0.3 is 15.8 Å². The van der Waals surface area contributed by atoms with Crippen molar-refractivity contribution in [3.63, 3.8) is 0 Å². The highest BCUT2D eigenvalue weighted by atomic mass is 32.1. The molecule has 0 radical (unpaired) electrons. The Balaban J connectivity index is 1.86. The molecule has 0 aliphatic carbocycles. The van der Waals surface area contributed by atoms with Crippen LogP contribution in [0.15, 0.2) is 24.3 Å². The Kier molecular flexibility index (Phi) is 2.40. The van der Waals surface area contributed by atoms with E-state index in [-0.39, 0.29) is 6.04 Å². The van der Waals surface area contributed by atoms with Gasteiger partial charge in [-0.05, 0) is 24.5 Å². The van der Waals surface area contributed by atoms with Crippen molar-refractivity contribution in [1.82, 2.24) is 4.37 Å². The molecule has 1 aliphatic rings. The minimum absolute atomic E-state index is 0.185. The van der Waals surface area contributed by atoms with Crippen molar-refractivity contribution in [1.29, 1.82) is 0 Å². The summed E-state index contributed by atoms with van der Waals surface area (Å²) < 4.78 is 9.75. The van der Waals surface area contributed by atoms with Crippen LogP contribution in [-0.4, -0.2) is 11.0 Å². The molecule has 5 heteroatoms. The number of hydrogen-bond acceptors (Lipinski definition) is 5. The lowest BCUT2D eigenvalue weighted by atomic mass is 10.1. The number of fused-ring (bicyclic) bond motifs is 1. The predicted octanol–water partition coefficient (Wildman–Crippen LogP) is 2.58. The van der Waals surface area contributed by atoms with Crippen molar-refractivity contribution in [2.45, 2.75) is 13.0 Å². The zero-order chi connectivity index (χ0) is 11.8. The van der Waals surface area contributed by atoms with Gasteiger partial charge in [0.05, 0.1) is 6.04 Å². The van der Waals surface area contributed by atoms with Crippen molar-refractivity contribution < 1.29 is 4.74 Å². The summed E-state index contributed by atoms with van der Waals surface area (Å²) in [5.74, 6) is 1.56. The first-order chi connectivity index (χ1) is 8.25. The summed E-state index contributed by atoms with van der Waals surface area (Å²) >= 11 is 1.40. The van der Waals surface area contributed by atoms with Crippen LogP contribution in [0, 0.1) is 6.92 Å². The number of ether oxygens (including phenoxy) is 1. The van der Waals surface area contributed by atoms with E-state index < -0.39 is 0 Å². The summed E-state index contributed by atoms with van der Waals surface area (Å²) in [4.78, 5) is 0. The third-order valence-corrected chi connectivity index (χ3v) is 3.86. The van der Waals surface area contributed by atoms with Crippen LogP contribution in [0.1, 0.15) is 17.2 Å². The monoisotopic (exact) mass is 247 g/mol. The summed E-state index contributed by atoms with van der Waals surface area (Å²) in [7, 11) is 0. The molecule has 3 rings (SSSR count). The molecule has 1 aliphatic heterocycles. The maximum Gasteiger partial charge on any atom is 0.142 e. The molecule has 88 valence electrons. The van der Waals surface area contributed by atoms with E-state index in [0.717, 1.165) is 16.3 Å². The number of nitrogen functional groups attached to an aromatic ring is 1. The summed E-state index contributed by atoms with van der Waals surface area (Å²) in [6, 6.07) is 8.27. The second-order valence-electron chi connectivity index (χ2n) is 4.07. The van der Waals surface area contributed by atoms with E-state index in [1.54, 1.807) is 0 Å². The van der Waals surface area contributed by atoms with Gasteiger partial charge in [0.2, 0.25) is 0 Å². The summed E-state index contributed by atoms with van der Waals surface area (Å²) in [6.45, 7) is 2.62. The highest BCUT2D eigenvalue weighted by molar-refractivity contribution is 7.10. The molecule has 1 unspecified atom stereocenters. The normalized spacial score (nSPS) is 17.6. The quantitative estimate of drug-likeness (QED) is 0.856. The number of nitrogens with one attached hydrogen (secondary N) is 1. The number of benzene rings is 1. The van der Waals surface area contributed by atoms with Crippen LogP contribution in [-0.2, 0) is 0 Å². The Labute approximate surface area is 104 Å². The number of hydrogen-bond donors (Lipinski definition) is 2. The van der Waals surface area contributed by atoms with Crippen molar-refractivity contribution in [2.24, 2.45) is 0 Å². The smallest absolute Gasteiger partial charge is 0.142 e. The number of aromatic nitrogens is 1. The van der Waals surface area contributed by atoms with Crippen molar-refractivity contribution >= 4 is 22.4 Å². The van der Waals surface area contributed by atoms with E-state index in [2.05, 4.69) is 15.8 Å². The van der Waals surface area contributed by atoms with Gasteiger partial charge in [-0.2, -0.15) is 4.37 Å². The van der Waals surface area contributed by atoms with E-state index in [1.807, 2.05) is 25.1 Å². The molecular formula is C12H13N3OS. The fourth-order valence-electron chi connectivity index (χ4n) is 1.92. The van der Waals surface area contributed by atoms with Gasteiger partial charge in [-0.1, -0.05) is 18.2 Å². The molecule has 0 spiro atoms. The molecule has 1 aromatic carbocycles. The summed E-state index contributed by atoms with van der Waals surface area (Å²) in [6.07, 6.45) is 0. The van der Waals surface area contributed by atoms with Gasteiger partial charge in [0.15, 0.2) is 0 Å². The standard InChI is InChI=1S/C12H13N3OS/c1-7-11(13)15-17-12(7)14-9-6-16-10-5-3-2-4-8(9)10/h2-5,9,14H,6H2,1H3,(H2,13,15). The zero-order valence-electron chi connectivity index (χ0n) is 9.43. The van der Waals surface area contributed by atoms with Crippen molar-refractivity contribution in [3.8, 4) is 5.75 Å². The predicted molar refractivity (Wildman–Crippen MR) is 69.6 cm³/mol. The number of nitrogens with two attached hydrogens (primary N) is 1. The maximum atomic E-state index is 5.74. The molecule has 2 aromatic rings. The third kappa shape index (κ3) is 1.72.